The zero-order valence-electron chi connectivity index (χ0n) is 14.8. The number of nitrogens with zero attached hydrogens (tertiary/aromatic N) is 3. The molecule has 1 fully saturated rings. The number of phosphoric acid groups is 2. The Balaban J connectivity index is 1.78. The number of imidazole rings is 1. The molecule has 1 saturated heterocycles. The van der Waals surface area contributed by atoms with Gasteiger partial charge in [0.15, 0.2) is 0 Å². The summed E-state index contributed by atoms with van der Waals surface area (Å²) in [5.41, 5.74) is 5.80. The Morgan fingerprint density at radius 2 is 2.18 bits per heavy atom. The summed E-state index contributed by atoms with van der Waals surface area (Å²) >= 11 is 0. The average Bonchev–Trinajstić information content (AvgIpc) is 3.03. The molecule has 2 aromatic heterocycles. The van der Waals surface area contributed by atoms with E-state index in [0.29, 0.717) is 17.6 Å². The number of hydrogen-bond acceptors (Lipinski definition) is 8. The predicted octanol–water partition coefficient (Wildman–Crippen LogP) is -1.93. The smallest absolute Gasteiger partial charge is 0.369 e. The molecule has 0 saturated carbocycles. The molecule has 3 heterocycles. The van der Waals surface area contributed by atoms with Crippen molar-refractivity contribution in [1.29, 1.82) is 0 Å². The Hall–Kier alpha value is -1.57. The lowest BCUT2D eigenvalue weighted by Gasteiger charge is -2.17. The van der Waals surface area contributed by atoms with Gasteiger partial charge >= 0.3 is 21.2 Å². The van der Waals surface area contributed by atoms with Crippen molar-refractivity contribution in [2.24, 2.45) is 7.05 Å². The summed E-state index contributed by atoms with van der Waals surface area (Å²) in [4.78, 5) is 45.3. The summed E-state index contributed by atoms with van der Waals surface area (Å²) in [7, 11) is -6.69. The number of nitrogen functional groups attached to an aromatic ring is 1. The third-order valence-electron chi connectivity index (χ3n) is 4.25. The first-order chi connectivity index (χ1) is 12.9. The van der Waals surface area contributed by atoms with Gasteiger partial charge in [-0.3, -0.25) is 14.3 Å². The molecule has 4 atom stereocenters. The van der Waals surface area contributed by atoms with Crippen molar-refractivity contribution < 1.29 is 41.9 Å². The largest absolute Gasteiger partial charge is 0.481 e. The monoisotopic (exact) mass is 438 g/mol. The van der Waals surface area contributed by atoms with Crippen molar-refractivity contribution in [1.82, 2.24) is 14.5 Å². The molecule has 0 aromatic carbocycles. The van der Waals surface area contributed by atoms with E-state index in [9.17, 15) is 18.8 Å². The van der Waals surface area contributed by atoms with Crippen LogP contribution >= 0.6 is 15.6 Å². The Bertz CT molecular complexity index is 1050. The highest BCUT2D eigenvalue weighted by molar-refractivity contribution is 7.60. The van der Waals surface area contributed by atoms with Crippen molar-refractivity contribution in [3.63, 3.8) is 0 Å². The number of phosphoric ester groups is 1. The highest BCUT2D eigenvalue weighted by Crippen LogP contribution is 2.57. The van der Waals surface area contributed by atoms with Crippen molar-refractivity contribution in [2.75, 3.05) is 12.3 Å². The Labute approximate surface area is 158 Å². The lowest BCUT2D eigenvalue weighted by Crippen LogP contribution is -2.31. The number of H-pyrrole nitrogens is 1. The summed E-state index contributed by atoms with van der Waals surface area (Å²) in [6.45, 7) is -0.438. The van der Waals surface area contributed by atoms with Gasteiger partial charge in [0.2, 0.25) is 18.5 Å². The van der Waals surface area contributed by atoms with E-state index in [0.717, 1.165) is 0 Å². The summed E-state index contributed by atoms with van der Waals surface area (Å²) in [5.74, 6) is -0.207. The second-order valence-electron chi connectivity index (χ2n) is 6.44. The van der Waals surface area contributed by atoms with Gasteiger partial charge in [-0.15, -0.1) is 0 Å². The van der Waals surface area contributed by atoms with E-state index in [4.69, 9.17) is 20.3 Å². The maximum Gasteiger partial charge on any atom is 0.481 e. The van der Waals surface area contributed by atoms with E-state index < -0.39 is 40.1 Å². The third kappa shape index (κ3) is 4.53. The van der Waals surface area contributed by atoms with Crippen LogP contribution in [-0.4, -0.2) is 49.8 Å². The predicted molar refractivity (Wildman–Crippen MR) is 95.7 cm³/mol. The van der Waals surface area contributed by atoms with E-state index in [1.165, 1.54) is 0 Å². The number of rotatable bonds is 6. The summed E-state index contributed by atoms with van der Waals surface area (Å²) in [5, 5.41) is 0. The Morgan fingerprint density at radius 1 is 1.50 bits per heavy atom. The highest BCUT2D eigenvalue weighted by Gasteiger charge is 2.40. The van der Waals surface area contributed by atoms with E-state index in [1.54, 1.807) is 30.4 Å². The molecule has 17 heteroatoms. The molecule has 0 spiro atoms. The van der Waals surface area contributed by atoms with Crippen LogP contribution in [0.15, 0.2) is 11.1 Å². The summed E-state index contributed by atoms with van der Waals surface area (Å²) in [6, 6.07) is 0. The number of anilines is 1. The minimum absolute atomic E-state index is 0.0563. The van der Waals surface area contributed by atoms with Crippen LogP contribution in [0.2, 0.25) is 5.82 Å². The van der Waals surface area contributed by atoms with Gasteiger partial charge in [-0.2, -0.15) is 13.9 Å². The molecule has 6 N–H and O–H groups in total. The molecule has 2 aromatic rings. The number of aromatic nitrogens is 4. The van der Waals surface area contributed by atoms with Gasteiger partial charge < -0.3 is 25.2 Å². The first-order valence-corrected chi connectivity index (χ1v) is 11.0. The van der Waals surface area contributed by atoms with Gasteiger partial charge in [0, 0.05) is 6.42 Å². The van der Waals surface area contributed by atoms with Gasteiger partial charge in [-0.1, -0.05) is 0 Å². The van der Waals surface area contributed by atoms with Crippen LogP contribution in [0.1, 0.15) is 12.6 Å². The third-order valence-corrected chi connectivity index (χ3v) is 6.40. The first kappa shape index (κ1) is 21.2. The minimum Gasteiger partial charge on any atom is -0.369 e. The minimum atomic E-state index is -5.20. The zero-order valence-corrected chi connectivity index (χ0v) is 16.6. The number of fused-ring (bicyclic) bond motifs is 1. The van der Waals surface area contributed by atoms with Crippen molar-refractivity contribution in [3.8, 4) is 0 Å². The van der Waals surface area contributed by atoms with E-state index >= 15 is 0 Å². The maximum absolute atomic E-state index is 12.1. The fourth-order valence-corrected chi connectivity index (χ4v) is 4.65. The molecule has 28 heavy (non-hydrogen) atoms. The van der Waals surface area contributed by atoms with E-state index in [2.05, 4.69) is 18.8 Å². The molecule has 0 bridgehead atoms. The fourth-order valence-electron chi connectivity index (χ4n) is 3.05. The standard InChI is InChI=1S/C11H18BN5O9P2/c1-16-4-17(9-8(16)10(18)15-11(13)14-9)7-2-5(12)6(25-7)3-24-28(22,23)26-27(19,20)21/h4-7H,2-3,12H2,1H3,(H5-,13,14,15,18,19,20,21,22,23)/p+1/t5-,6-,7-/m1/s1. The van der Waals surface area contributed by atoms with Crippen molar-refractivity contribution in [2.45, 2.75) is 24.6 Å². The summed E-state index contributed by atoms with van der Waals surface area (Å²) < 4.78 is 39.7. The quantitative estimate of drug-likeness (QED) is 0.191. The van der Waals surface area contributed by atoms with Gasteiger partial charge in [0.25, 0.3) is 11.2 Å². The van der Waals surface area contributed by atoms with Gasteiger partial charge in [-0.25, -0.2) is 13.7 Å². The van der Waals surface area contributed by atoms with Crippen molar-refractivity contribution in [3.05, 3.63) is 16.7 Å². The molecule has 0 radical (unpaired) electrons. The molecular weight excluding hydrogens is 419 g/mol. The molecule has 0 aliphatic carbocycles. The first-order valence-electron chi connectivity index (χ1n) is 8.02. The van der Waals surface area contributed by atoms with Gasteiger partial charge in [0.05, 0.1) is 19.8 Å². The normalized spacial score (nSPS) is 25.2. The highest BCUT2D eigenvalue weighted by atomic mass is 31.3. The second kappa shape index (κ2) is 7.36. The SMILES string of the molecule is B[C@@H]1C[C@H](n2c[n+](C)c3c(=O)[nH]c(N)nc32)O[C@@H]1COP(=O)(O)OP(=O)(O)O. The average molecular weight is 438 g/mol. The van der Waals surface area contributed by atoms with E-state index in [1.807, 2.05) is 0 Å². The topological polar surface area (TPSA) is 203 Å². The van der Waals surface area contributed by atoms with Crippen LogP contribution < -0.4 is 15.9 Å². The van der Waals surface area contributed by atoms with Gasteiger partial charge in [-0.05, 0) is 5.82 Å². The number of nitrogens with one attached hydrogen (secondary N) is 1. The number of hydrogen-bond donors (Lipinski definition) is 5. The second-order valence-corrected chi connectivity index (χ2v) is 9.27. The van der Waals surface area contributed by atoms with Crippen LogP contribution in [0.3, 0.4) is 0 Å². The fraction of sp³-hybridized carbons (Fsp3) is 0.545. The van der Waals surface area contributed by atoms with Gasteiger partial charge in [0.1, 0.15) is 7.85 Å². The molecule has 3 rings (SSSR count). The molecule has 1 aliphatic rings. The van der Waals surface area contributed by atoms with Crippen LogP contribution in [0.5, 0.6) is 0 Å². The number of aryl methyl sites for hydroxylation is 1. The van der Waals surface area contributed by atoms with Crippen molar-refractivity contribution >= 4 is 40.6 Å². The molecule has 154 valence electrons. The summed E-state index contributed by atoms with van der Waals surface area (Å²) in [6.07, 6.45) is 0.831. The Morgan fingerprint density at radius 3 is 2.82 bits per heavy atom. The van der Waals surface area contributed by atoms with Crippen LogP contribution in [0, 0.1) is 0 Å². The van der Waals surface area contributed by atoms with Crippen LogP contribution in [0.25, 0.3) is 11.2 Å². The maximum atomic E-state index is 12.1. The number of aromatic amines is 1. The number of nitrogens with two attached hydrogens (primary N) is 1. The molecule has 1 unspecified atom stereocenters. The van der Waals surface area contributed by atoms with E-state index in [-0.39, 0.29) is 11.8 Å². The van der Waals surface area contributed by atoms with Crippen LogP contribution in [0.4, 0.5) is 5.95 Å². The molecular formula is C11H19BN5O9P2+. The lowest BCUT2D eigenvalue weighted by atomic mass is 9.81. The zero-order chi connectivity index (χ0) is 20.9. The van der Waals surface area contributed by atoms with Crippen LogP contribution in [-0.2, 0) is 29.7 Å². The lowest BCUT2D eigenvalue weighted by molar-refractivity contribution is -0.646. The Kier molecular flexibility index (Phi) is 5.56. The number of ether oxygens (including phenoxy) is 1. The molecule has 14 nitrogen and oxygen atoms in total. The molecule has 0 amide bonds. The molecule has 1 aliphatic heterocycles.